The second-order valence-corrected chi connectivity index (χ2v) is 8.89. The molecule has 0 saturated carbocycles. The largest absolute Gasteiger partial charge is 0.476 e. The van der Waals surface area contributed by atoms with E-state index in [2.05, 4.69) is 10.0 Å². The lowest BCUT2D eigenvalue weighted by Crippen LogP contribution is -2.25. The third-order valence-electron chi connectivity index (χ3n) is 4.77. The zero-order valence-corrected chi connectivity index (χ0v) is 18.4. The molecule has 0 saturated heterocycles. The van der Waals surface area contributed by atoms with Gasteiger partial charge < -0.3 is 10.1 Å². The molecule has 33 heavy (non-hydrogen) atoms. The molecule has 6 nitrogen and oxygen atoms in total. The first kappa shape index (κ1) is 22.1. The monoisotopic (exact) mass is 458 g/mol. The minimum Gasteiger partial charge on any atom is -0.476 e. The van der Waals surface area contributed by atoms with Crippen molar-refractivity contribution in [1.82, 2.24) is 0 Å². The molecule has 7 heteroatoms. The molecule has 0 aromatic heterocycles. The van der Waals surface area contributed by atoms with E-state index in [-0.39, 0.29) is 10.8 Å². The third kappa shape index (κ3) is 5.78. The van der Waals surface area contributed by atoms with Crippen LogP contribution in [0.4, 0.5) is 11.4 Å². The second kappa shape index (κ2) is 10.0. The molecule has 0 fully saturated rings. The molecule has 4 aromatic rings. The number of hydrogen-bond acceptors (Lipinski definition) is 4. The maximum absolute atomic E-state index is 13.2. The number of para-hydroxylation sites is 1. The Labute approximate surface area is 192 Å². The Kier molecular flexibility index (Phi) is 6.71. The Morgan fingerprint density at radius 1 is 0.697 bits per heavy atom. The van der Waals surface area contributed by atoms with Crippen molar-refractivity contribution in [3.05, 3.63) is 121 Å². The minimum absolute atomic E-state index is 0.153. The van der Waals surface area contributed by atoms with Crippen LogP contribution in [0.2, 0.25) is 0 Å². The normalized spacial score (nSPS) is 11.9. The molecule has 0 radical (unpaired) electrons. The summed E-state index contributed by atoms with van der Waals surface area (Å²) in [6, 6.07) is 32.9. The van der Waals surface area contributed by atoms with E-state index >= 15 is 0 Å². The fourth-order valence-corrected chi connectivity index (χ4v) is 4.29. The molecule has 1 amide bonds. The van der Waals surface area contributed by atoms with Crippen LogP contribution in [0.5, 0.6) is 5.75 Å². The Bertz CT molecular complexity index is 1310. The molecule has 4 aromatic carbocycles. The van der Waals surface area contributed by atoms with E-state index in [1.54, 1.807) is 54.6 Å². The highest BCUT2D eigenvalue weighted by Crippen LogP contribution is 2.25. The fraction of sp³-hybridized carbons (Fsp3) is 0.0385. The summed E-state index contributed by atoms with van der Waals surface area (Å²) in [5.74, 6) is 0.180. The average Bonchev–Trinajstić information content (AvgIpc) is 2.84. The summed E-state index contributed by atoms with van der Waals surface area (Å²) in [6.45, 7) is 0. The zero-order chi connectivity index (χ0) is 23.1. The SMILES string of the molecule is O=C(Nc1cccc(NS(=O)(=O)c2ccccc2)c1)C(Oc1ccccc1)c1ccccc1. The summed E-state index contributed by atoms with van der Waals surface area (Å²) < 4.78 is 33.7. The van der Waals surface area contributed by atoms with Crippen LogP contribution in [0.15, 0.2) is 120 Å². The van der Waals surface area contributed by atoms with Crippen LogP contribution in [0.3, 0.4) is 0 Å². The standard InChI is InChI=1S/C26H22N2O4S/c29-26(25(20-11-4-1-5-12-20)32-23-15-6-2-7-16-23)27-21-13-10-14-22(19-21)28-33(30,31)24-17-8-3-9-18-24/h1-19,25,28H,(H,27,29). The van der Waals surface area contributed by atoms with Gasteiger partial charge in [0.15, 0.2) is 0 Å². The van der Waals surface area contributed by atoms with Crippen LogP contribution in [0, 0.1) is 0 Å². The summed E-state index contributed by atoms with van der Waals surface area (Å²) in [7, 11) is -3.75. The van der Waals surface area contributed by atoms with Crippen LogP contribution < -0.4 is 14.8 Å². The van der Waals surface area contributed by atoms with E-state index in [1.807, 2.05) is 48.5 Å². The van der Waals surface area contributed by atoms with Gasteiger partial charge in [-0.2, -0.15) is 0 Å². The summed E-state index contributed by atoms with van der Waals surface area (Å²) in [4.78, 5) is 13.3. The lowest BCUT2D eigenvalue weighted by molar-refractivity contribution is -0.123. The van der Waals surface area contributed by atoms with Crippen molar-refractivity contribution < 1.29 is 17.9 Å². The van der Waals surface area contributed by atoms with Gasteiger partial charge in [-0.3, -0.25) is 9.52 Å². The predicted molar refractivity (Wildman–Crippen MR) is 129 cm³/mol. The molecule has 0 bridgehead atoms. The molecule has 166 valence electrons. The zero-order valence-electron chi connectivity index (χ0n) is 17.6. The van der Waals surface area contributed by atoms with Crippen molar-refractivity contribution in [3.8, 4) is 5.75 Å². The quantitative estimate of drug-likeness (QED) is 0.378. The summed E-state index contributed by atoms with van der Waals surface area (Å²) in [6.07, 6.45) is -0.890. The highest BCUT2D eigenvalue weighted by molar-refractivity contribution is 7.92. The first-order valence-corrected chi connectivity index (χ1v) is 11.7. The number of anilines is 2. The summed E-state index contributed by atoms with van der Waals surface area (Å²) >= 11 is 0. The Hall–Kier alpha value is -4.10. The first-order chi connectivity index (χ1) is 16.0. The van der Waals surface area contributed by atoms with Crippen molar-refractivity contribution in [3.63, 3.8) is 0 Å². The first-order valence-electron chi connectivity index (χ1n) is 10.3. The molecule has 1 unspecified atom stereocenters. The minimum atomic E-state index is -3.75. The van der Waals surface area contributed by atoms with E-state index in [4.69, 9.17) is 4.74 Å². The molecule has 0 aliphatic heterocycles. The van der Waals surface area contributed by atoms with E-state index in [0.29, 0.717) is 22.7 Å². The molecule has 1 atom stereocenters. The smallest absolute Gasteiger partial charge is 0.270 e. The van der Waals surface area contributed by atoms with Gasteiger partial charge >= 0.3 is 0 Å². The predicted octanol–water partition coefficient (Wildman–Crippen LogP) is 5.25. The maximum atomic E-state index is 13.2. The van der Waals surface area contributed by atoms with E-state index < -0.39 is 16.1 Å². The van der Waals surface area contributed by atoms with E-state index in [0.717, 1.165) is 0 Å². The van der Waals surface area contributed by atoms with Crippen molar-refractivity contribution in [2.75, 3.05) is 10.0 Å². The summed E-state index contributed by atoms with van der Waals surface area (Å²) in [5.41, 5.74) is 1.46. The maximum Gasteiger partial charge on any atom is 0.270 e. The molecular weight excluding hydrogens is 436 g/mol. The van der Waals surface area contributed by atoms with Gasteiger partial charge in [0.1, 0.15) is 5.75 Å². The number of carbonyl (C=O) groups is 1. The summed E-state index contributed by atoms with van der Waals surface area (Å²) in [5, 5.41) is 2.83. The Balaban J connectivity index is 1.54. The van der Waals surface area contributed by atoms with E-state index in [1.165, 1.54) is 12.1 Å². The topological polar surface area (TPSA) is 84.5 Å². The highest BCUT2D eigenvalue weighted by atomic mass is 32.2. The second-order valence-electron chi connectivity index (χ2n) is 7.21. The van der Waals surface area contributed by atoms with Crippen LogP contribution in [0.25, 0.3) is 0 Å². The van der Waals surface area contributed by atoms with E-state index in [9.17, 15) is 13.2 Å². The van der Waals surface area contributed by atoms with Gasteiger partial charge in [-0.05, 0) is 42.5 Å². The molecule has 0 aliphatic carbocycles. The molecule has 0 aliphatic rings. The lowest BCUT2D eigenvalue weighted by Gasteiger charge is -2.19. The Morgan fingerprint density at radius 2 is 1.27 bits per heavy atom. The van der Waals surface area contributed by atoms with Crippen LogP contribution >= 0.6 is 0 Å². The number of sulfonamides is 1. The number of ether oxygens (including phenoxy) is 1. The molecular formula is C26H22N2O4S. The lowest BCUT2D eigenvalue weighted by atomic mass is 10.1. The van der Waals surface area contributed by atoms with Gasteiger partial charge in [0, 0.05) is 11.3 Å². The van der Waals surface area contributed by atoms with Crippen LogP contribution in [-0.4, -0.2) is 14.3 Å². The van der Waals surface area contributed by atoms with Gasteiger partial charge in [-0.25, -0.2) is 8.42 Å². The molecule has 2 N–H and O–H groups in total. The van der Waals surface area contributed by atoms with Crippen molar-refractivity contribution in [1.29, 1.82) is 0 Å². The van der Waals surface area contributed by atoms with Crippen molar-refractivity contribution >= 4 is 27.3 Å². The van der Waals surface area contributed by atoms with Crippen molar-refractivity contribution in [2.24, 2.45) is 0 Å². The van der Waals surface area contributed by atoms with Gasteiger partial charge in [0.2, 0.25) is 6.10 Å². The average molecular weight is 459 g/mol. The molecule has 0 heterocycles. The number of rotatable bonds is 8. The highest BCUT2D eigenvalue weighted by Gasteiger charge is 2.23. The Morgan fingerprint density at radius 3 is 1.94 bits per heavy atom. The van der Waals surface area contributed by atoms with Gasteiger partial charge in [0.05, 0.1) is 10.6 Å². The number of carbonyl (C=O) groups excluding carboxylic acids is 1. The van der Waals surface area contributed by atoms with Gasteiger partial charge in [-0.1, -0.05) is 72.8 Å². The van der Waals surface area contributed by atoms with Gasteiger partial charge in [0.25, 0.3) is 15.9 Å². The van der Waals surface area contributed by atoms with Gasteiger partial charge in [-0.15, -0.1) is 0 Å². The molecule has 4 rings (SSSR count). The fourth-order valence-electron chi connectivity index (χ4n) is 3.22. The number of hydrogen-bond donors (Lipinski definition) is 2. The van der Waals surface area contributed by atoms with Crippen LogP contribution in [-0.2, 0) is 14.8 Å². The molecule has 0 spiro atoms. The van der Waals surface area contributed by atoms with Crippen LogP contribution in [0.1, 0.15) is 11.7 Å². The third-order valence-corrected chi connectivity index (χ3v) is 6.17. The number of benzene rings is 4. The van der Waals surface area contributed by atoms with Crippen molar-refractivity contribution in [2.45, 2.75) is 11.0 Å². The number of amides is 1. The number of nitrogens with one attached hydrogen (secondary N) is 2.